The number of imide groups is 2. The van der Waals surface area contributed by atoms with Crippen LogP contribution in [0.25, 0.3) is 6.08 Å². The largest absolute Gasteiger partial charge is 0.493 e. The lowest BCUT2D eigenvalue weighted by Crippen LogP contribution is -2.54. The number of anilines is 1. The molecular weight excluding hydrogens is 376 g/mol. The number of hydrogen-bond acceptors (Lipinski definition) is 5. The van der Waals surface area contributed by atoms with Crippen molar-refractivity contribution in [1.82, 2.24) is 5.32 Å². The molecule has 0 aliphatic carbocycles. The van der Waals surface area contributed by atoms with Gasteiger partial charge in [0.05, 0.1) is 17.9 Å². The van der Waals surface area contributed by atoms with Crippen LogP contribution in [0.5, 0.6) is 5.75 Å². The van der Waals surface area contributed by atoms with Gasteiger partial charge >= 0.3 is 12.0 Å². The molecule has 0 spiro atoms. The highest BCUT2D eigenvalue weighted by atomic mass is 16.5. The fraction of sp³-hybridized carbons (Fsp3) is 0.143. The number of carbonyl (C=O) groups is 4. The van der Waals surface area contributed by atoms with E-state index in [1.807, 2.05) is 6.92 Å². The summed E-state index contributed by atoms with van der Waals surface area (Å²) < 4.78 is 5.47. The molecule has 1 fully saturated rings. The zero-order valence-electron chi connectivity index (χ0n) is 15.8. The minimum absolute atomic E-state index is 0.0320. The number of rotatable bonds is 5. The molecule has 8 nitrogen and oxygen atoms in total. The topological polar surface area (TPSA) is 113 Å². The van der Waals surface area contributed by atoms with Gasteiger partial charge in [-0.15, -0.1) is 0 Å². The number of carboxylic acid groups (broad SMARTS) is 1. The van der Waals surface area contributed by atoms with Gasteiger partial charge in [0, 0.05) is 5.56 Å². The Morgan fingerprint density at radius 1 is 1.14 bits per heavy atom. The summed E-state index contributed by atoms with van der Waals surface area (Å²) in [6.07, 6.45) is 1.22. The first kappa shape index (κ1) is 19.8. The molecule has 1 aliphatic rings. The van der Waals surface area contributed by atoms with E-state index < -0.39 is 23.8 Å². The quantitative estimate of drug-likeness (QED) is 0.596. The van der Waals surface area contributed by atoms with Crippen LogP contribution in [0.15, 0.2) is 48.0 Å². The van der Waals surface area contributed by atoms with E-state index in [-0.39, 0.29) is 16.7 Å². The van der Waals surface area contributed by atoms with Crippen molar-refractivity contribution in [2.75, 3.05) is 11.5 Å². The van der Waals surface area contributed by atoms with E-state index in [0.29, 0.717) is 18.0 Å². The van der Waals surface area contributed by atoms with Crippen molar-refractivity contribution in [3.8, 4) is 5.75 Å². The van der Waals surface area contributed by atoms with Crippen molar-refractivity contribution in [2.24, 2.45) is 0 Å². The molecule has 4 amide bonds. The molecule has 0 radical (unpaired) electrons. The van der Waals surface area contributed by atoms with E-state index in [0.717, 1.165) is 10.5 Å². The summed E-state index contributed by atoms with van der Waals surface area (Å²) in [5, 5.41) is 11.4. The Morgan fingerprint density at radius 2 is 1.83 bits per heavy atom. The number of carbonyl (C=O) groups excluding carboxylic acids is 3. The smallest absolute Gasteiger partial charge is 0.335 e. The Bertz CT molecular complexity index is 1040. The van der Waals surface area contributed by atoms with Crippen molar-refractivity contribution in [3.05, 3.63) is 64.7 Å². The second-order valence-corrected chi connectivity index (χ2v) is 6.28. The van der Waals surface area contributed by atoms with E-state index in [9.17, 15) is 24.3 Å². The highest BCUT2D eigenvalue weighted by Crippen LogP contribution is 2.26. The van der Waals surface area contributed by atoms with Gasteiger partial charge in [-0.1, -0.05) is 17.7 Å². The van der Waals surface area contributed by atoms with Crippen LogP contribution in [0, 0.1) is 6.92 Å². The van der Waals surface area contributed by atoms with Gasteiger partial charge in [-0.05, 0) is 50.3 Å². The predicted molar refractivity (Wildman–Crippen MR) is 105 cm³/mol. The maximum Gasteiger partial charge on any atom is 0.335 e. The summed E-state index contributed by atoms with van der Waals surface area (Å²) in [4.78, 5) is 49.7. The van der Waals surface area contributed by atoms with Crippen LogP contribution in [0.4, 0.5) is 10.5 Å². The number of benzene rings is 2. The number of nitrogens with one attached hydrogen (secondary N) is 1. The van der Waals surface area contributed by atoms with Crippen molar-refractivity contribution >= 4 is 35.6 Å². The first-order valence-electron chi connectivity index (χ1n) is 8.80. The fourth-order valence-electron chi connectivity index (χ4n) is 2.82. The van der Waals surface area contributed by atoms with Crippen LogP contribution < -0.4 is 15.0 Å². The second-order valence-electron chi connectivity index (χ2n) is 6.28. The van der Waals surface area contributed by atoms with Gasteiger partial charge in [0.15, 0.2) is 0 Å². The summed E-state index contributed by atoms with van der Waals surface area (Å²) >= 11 is 0. The van der Waals surface area contributed by atoms with E-state index in [1.165, 1.54) is 24.3 Å². The molecule has 0 saturated carbocycles. The third kappa shape index (κ3) is 4.01. The van der Waals surface area contributed by atoms with Gasteiger partial charge in [-0.3, -0.25) is 14.9 Å². The predicted octanol–water partition coefficient (Wildman–Crippen LogP) is 2.76. The molecule has 2 aromatic rings. The Morgan fingerprint density at radius 3 is 2.45 bits per heavy atom. The van der Waals surface area contributed by atoms with Crippen LogP contribution in [-0.2, 0) is 9.59 Å². The lowest BCUT2D eigenvalue weighted by molar-refractivity contribution is -0.122. The average Bonchev–Trinajstić information content (AvgIpc) is 2.67. The molecule has 0 bridgehead atoms. The van der Waals surface area contributed by atoms with Crippen LogP contribution in [0.2, 0.25) is 0 Å². The summed E-state index contributed by atoms with van der Waals surface area (Å²) in [6.45, 7) is 3.91. The van der Waals surface area contributed by atoms with Crippen molar-refractivity contribution < 1.29 is 29.0 Å². The molecule has 29 heavy (non-hydrogen) atoms. The van der Waals surface area contributed by atoms with Crippen LogP contribution in [0.3, 0.4) is 0 Å². The first-order valence-corrected chi connectivity index (χ1v) is 8.80. The number of urea groups is 1. The third-order valence-corrected chi connectivity index (χ3v) is 4.25. The Labute approximate surface area is 166 Å². The fourth-order valence-corrected chi connectivity index (χ4v) is 2.82. The zero-order chi connectivity index (χ0) is 21.1. The third-order valence-electron chi connectivity index (χ3n) is 4.25. The van der Waals surface area contributed by atoms with Gasteiger partial charge in [-0.2, -0.15) is 0 Å². The van der Waals surface area contributed by atoms with E-state index >= 15 is 0 Å². The number of carboxylic acids is 1. The minimum atomic E-state index is -1.16. The number of aromatic carboxylic acids is 1. The van der Waals surface area contributed by atoms with Crippen LogP contribution in [-0.4, -0.2) is 35.5 Å². The maximum absolute atomic E-state index is 12.9. The summed E-state index contributed by atoms with van der Waals surface area (Å²) in [7, 11) is 0. The van der Waals surface area contributed by atoms with Gasteiger partial charge < -0.3 is 9.84 Å². The van der Waals surface area contributed by atoms with Crippen LogP contribution >= 0.6 is 0 Å². The SMILES string of the molecule is CCOc1ccc(C(=O)O)cc1/C=C1\C(=O)NC(=O)N(c2ccc(C)cc2)C1=O. The monoisotopic (exact) mass is 394 g/mol. The highest BCUT2D eigenvalue weighted by Gasteiger charge is 2.37. The van der Waals surface area contributed by atoms with Gasteiger partial charge in [0.25, 0.3) is 11.8 Å². The maximum atomic E-state index is 12.9. The summed E-state index contributed by atoms with van der Waals surface area (Å²) in [6, 6.07) is 9.92. The lowest BCUT2D eigenvalue weighted by atomic mass is 10.0. The lowest BCUT2D eigenvalue weighted by Gasteiger charge is -2.26. The van der Waals surface area contributed by atoms with E-state index in [1.54, 1.807) is 31.2 Å². The molecule has 0 aromatic heterocycles. The number of amides is 4. The Balaban J connectivity index is 2.08. The number of ether oxygens (including phenoxy) is 1. The molecular formula is C21H18N2O6. The van der Waals surface area contributed by atoms with E-state index in [2.05, 4.69) is 5.32 Å². The molecule has 1 aliphatic heterocycles. The summed E-state index contributed by atoms with van der Waals surface area (Å²) in [5.41, 5.74) is 1.14. The van der Waals surface area contributed by atoms with Crippen molar-refractivity contribution in [1.29, 1.82) is 0 Å². The second kappa shape index (κ2) is 7.97. The number of aryl methyl sites for hydroxylation is 1. The van der Waals surface area contributed by atoms with Crippen molar-refractivity contribution in [3.63, 3.8) is 0 Å². The number of nitrogens with zero attached hydrogens (tertiary/aromatic N) is 1. The Kier molecular flexibility index (Phi) is 5.45. The molecule has 1 heterocycles. The minimum Gasteiger partial charge on any atom is -0.493 e. The van der Waals surface area contributed by atoms with Crippen molar-refractivity contribution in [2.45, 2.75) is 13.8 Å². The summed E-state index contributed by atoms with van der Waals surface area (Å²) in [5.74, 6) is -2.54. The van der Waals surface area contributed by atoms with Gasteiger partial charge in [0.2, 0.25) is 0 Å². The van der Waals surface area contributed by atoms with Crippen LogP contribution in [0.1, 0.15) is 28.4 Å². The molecule has 0 atom stereocenters. The molecule has 0 unspecified atom stereocenters. The normalized spacial score (nSPS) is 15.4. The number of barbiturate groups is 1. The molecule has 1 saturated heterocycles. The molecule has 2 aromatic carbocycles. The molecule has 148 valence electrons. The zero-order valence-corrected chi connectivity index (χ0v) is 15.8. The standard InChI is InChI=1S/C21H18N2O6/c1-3-29-17-9-6-13(20(26)27)10-14(17)11-16-18(24)22-21(28)23(19(16)25)15-7-4-12(2)5-8-15/h4-11H,3H2,1-2H3,(H,26,27)(H,22,24,28)/b16-11+. The first-order chi connectivity index (χ1) is 13.8. The average molecular weight is 394 g/mol. The van der Waals surface area contributed by atoms with Gasteiger partial charge in [-0.25, -0.2) is 14.5 Å². The van der Waals surface area contributed by atoms with E-state index in [4.69, 9.17) is 4.74 Å². The molecule has 8 heteroatoms. The van der Waals surface area contributed by atoms with Gasteiger partial charge in [0.1, 0.15) is 11.3 Å². The number of hydrogen-bond donors (Lipinski definition) is 2. The highest BCUT2D eigenvalue weighted by molar-refractivity contribution is 6.39. The molecule has 2 N–H and O–H groups in total. The Hall–Kier alpha value is -3.94. The molecule has 3 rings (SSSR count).